The lowest BCUT2D eigenvalue weighted by molar-refractivity contribution is 0.0193. The van der Waals surface area contributed by atoms with E-state index in [-0.39, 0.29) is 17.6 Å². The van der Waals surface area contributed by atoms with Gasteiger partial charge in [-0.1, -0.05) is 35.9 Å². The second-order valence-electron chi connectivity index (χ2n) is 12.9. The van der Waals surface area contributed by atoms with Crippen LogP contribution in [0, 0.1) is 6.92 Å². The molecule has 0 spiro atoms. The number of carbonyl (C=O) groups excluding carboxylic acids is 2. The summed E-state index contributed by atoms with van der Waals surface area (Å²) < 4.78 is 23.3. The minimum atomic E-state index is -4.90. The molecule has 0 unspecified atom stereocenters. The lowest BCUT2D eigenvalue weighted by Gasteiger charge is -2.40. The molecule has 2 amide bonds. The number of phosphoric acid groups is 1. The first-order valence-electron chi connectivity index (χ1n) is 16.9. The van der Waals surface area contributed by atoms with E-state index in [2.05, 4.69) is 36.5 Å². The molecule has 2 aromatic carbocycles. The molecule has 0 saturated carbocycles. The van der Waals surface area contributed by atoms with Gasteiger partial charge in [0, 0.05) is 79.2 Å². The van der Waals surface area contributed by atoms with Gasteiger partial charge in [-0.25, -0.2) is 14.5 Å². The van der Waals surface area contributed by atoms with E-state index in [1.54, 1.807) is 43.3 Å². The van der Waals surface area contributed by atoms with E-state index >= 15 is 0 Å². The maximum atomic E-state index is 14.8. The van der Waals surface area contributed by atoms with Crippen molar-refractivity contribution in [1.29, 1.82) is 0 Å². The zero-order valence-electron chi connectivity index (χ0n) is 29.0. The minimum Gasteiger partial charge on any atom is -0.379 e. The van der Waals surface area contributed by atoms with Crippen LogP contribution >= 0.6 is 19.4 Å². The summed E-state index contributed by atoms with van der Waals surface area (Å²) in [5, 5.41) is 0.435. The first-order chi connectivity index (χ1) is 25.5. The maximum absolute atomic E-state index is 14.8. The van der Waals surface area contributed by atoms with Crippen LogP contribution in [0.4, 0.5) is 11.4 Å². The smallest absolute Gasteiger partial charge is 0.379 e. The van der Waals surface area contributed by atoms with Crippen LogP contribution in [0.2, 0.25) is 5.02 Å². The van der Waals surface area contributed by atoms with Crippen LogP contribution in [0.25, 0.3) is 11.3 Å². The number of hydrogen-bond acceptors (Lipinski definition) is 9. The van der Waals surface area contributed by atoms with Crippen molar-refractivity contribution in [3.8, 4) is 17.3 Å². The second kappa shape index (κ2) is 15.2. The summed E-state index contributed by atoms with van der Waals surface area (Å²) in [5.74, 6) is -0.583. The summed E-state index contributed by atoms with van der Waals surface area (Å²) in [7, 11) is -3.08. The SMILES string of the molecule is Cc1c(C(=O)N(c2ccncc2)c2cnc(OP(=O)(O)O)nc2)cc(-c2cc(Cl)ccc2C(=O)N2Cc3ccccc3C[C@H]2CN2CCOCC2)n1C. The van der Waals surface area contributed by atoms with E-state index in [4.69, 9.17) is 16.3 Å². The number of amides is 2. The van der Waals surface area contributed by atoms with Crippen LogP contribution in [0.3, 0.4) is 0 Å². The fraction of sp³-hybridized carbons (Fsp3) is 0.270. The van der Waals surface area contributed by atoms with Gasteiger partial charge in [-0.2, -0.15) is 0 Å². The predicted molar refractivity (Wildman–Crippen MR) is 197 cm³/mol. The third-order valence-corrected chi connectivity index (χ3v) is 10.3. The van der Waals surface area contributed by atoms with E-state index in [9.17, 15) is 23.9 Å². The minimum absolute atomic E-state index is 0.0686. The first-order valence-corrected chi connectivity index (χ1v) is 18.8. The van der Waals surface area contributed by atoms with Gasteiger partial charge in [0.2, 0.25) is 0 Å². The third-order valence-electron chi connectivity index (χ3n) is 9.64. The summed E-state index contributed by atoms with van der Waals surface area (Å²) in [6.07, 6.45) is 6.24. The zero-order valence-corrected chi connectivity index (χ0v) is 30.7. The summed E-state index contributed by atoms with van der Waals surface area (Å²) in [6.45, 7) is 5.92. The van der Waals surface area contributed by atoms with E-state index in [0.29, 0.717) is 58.5 Å². The molecule has 1 saturated heterocycles. The van der Waals surface area contributed by atoms with E-state index < -0.39 is 19.7 Å². The van der Waals surface area contributed by atoms with Crippen molar-refractivity contribution in [1.82, 2.24) is 29.3 Å². The van der Waals surface area contributed by atoms with Gasteiger partial charge in [0.1, 0.15) is 0 Å². The largest absolute Gasteiger partial charge is 0.527 e. The number of aromatic nitrogens is 4. The average molecular weight is 758 g/mol. The lowest BCUT2D eigenvalue weighted by atomic mass is 9.92. The first kappa shape index (κ1) is 36.4. The lowest BCUT2D eigenvalue weighted by Crippen LogP contribution is -2.52. The van der Waals surface area contributed by atoms with Crippen LogP contribution in [0.1, 0.15) is 37.5 Å². The molecule has 2 aliphatic rings. The van der Waals surface area contributed by atoms with Gasteiger partial charge < -0.3 is 18.7 Å². The Morgan fingerprint density at radius 1 is 0.981 bits per heavy atom. The Bertz CT molecular complexity index is 2190. The molecule has 0 aliphatic carbocycles. The highest BCUT2D eigenvalue weighted by Crippen LogP contribution is 2.38. The molecule has 3 aromatic heterocycles. The van der Waals surface area contributed by atoms with E-state index in [0.717, 1.165) is 31.6 Å². The standard InChI is InChI=1S/C37H37ClN7O7P/c1-24-32(36(47)45(28-9-11-39-12-10-28)30-20-40-37(41-21-30)52-53(48,49)50)19-34(42(24)2)33-18-27(38)7-8-31(33)35(46)44-22-26-6-4-3-5-25(26)17-29(44)23-43-13-15-51-16-14-43/h3-12,18-21,29H,13-17,22-23H2,1-2H3,(H2,48,49,50)/t29-/m0/s1. The van der Waals surface area contributed by atoms with Crippen molar-refractivity contribution in [2.45, 2.75) is 25.9 Å². The fourth-order valence-electron chi connectivity index (χ4n) is 6.89. The molecule has 5 heterocycles. The molecule has 7 rings (SSSR count). The Kier molecular flexibility index (Phi) is 10.4. The second-order valence-corrected chi connectivity index (χ2v) is 14.5. The van der Waals surface area contributed by atoms with Gasteiger partial charge >= 0.3 is 13.8 Å². The number of morpholine rings is 1. The third kappa shape index (κ3) is 7.88. The van der Waals surface area contributed by atoms with Gasteiger partial charge in [-0.05, 0) is 60.9 Å². The monoisotopic (exact) mass is 757 g/mol. The molecule has 2 aliphatic heterocycles. The molecule has 14 nitrogen and oxygen atoms in total. The molecule has 1 atom stereocenters. The molecule has 53 heavy (non-hydrogen) atoms. The number of halogens is 1. The Labute approximate surface area is 310 Å². The molecule has 0 bridgehead atoms. The average Bonchev–Trinajstić information content (AvgIpc) is 3.45. The molecule has 274 valence electrons. The van der Waals surface area contributed by atoms with Crippen LogP contribution < -0.4 is 9.42 Å². The number of anilines is 2. The number of fused-ring (bicyclic) bond motifs is 1. The Hall–Kier alpha value is -4.95. The molecule has 5 aromatic rings. The highest BCUT2D eigenvalue weighted by atomic mass is 35.5. The van der Waals surface area contributed by atoms with Crippen molar-refractivity contribution in [2.75, 3.05) is 37.7 Å². The highest BCUT2D eigenvalue weighted by molar-refractivity contribution is 7.46. The van der Waals surface area contributed by atoms with Crippen LogP contribution in [0.15, 0.2) is 85.5 Å². The molecule has 1 fully saturated rings. The summed E-state index contributed by atoms with van der Waals surface area (Å²) in [5.41, 5.74) is 5.58. The quantitative estimate of drug-likeness (QED) is 0.190. The molecular weight excluding hydrogens is 721 g/mol. The van der Waals surface area contributed by atoms with Gasteiger partial charge in [0.15, 0.2) is 0 Å². The molecular formula is C37H37ClN7O7P. The van der Waals surface area contributed by atoms with Crippen molar-refractivity contribution < 1.29 is 33.2 Å². The van der Waals surface area contributed by atoms with Crippen molar-refractivity contribution in [3.05, 3.63) is 118 Å². The summed E-state index contributed by atoms with van der Waals surface area (Å²) in [6, 6.07) is 17.8. The Balaban J connectivity index is 1.25. The van der Waals surface area contributed by atoms with Crippen molar-refractivity contribution >= 4 is 42.6 Å². The normalized spacial score (nSPS) is 16.2. The number of rotatable bonds is 9. The molecule has 0 radical (unpaired) electrons. The van der Waals surface area contributed by atoms with E-state index in [1.807, 2.05) is 28.6 Å². The number of ether oxygens (including phenoxy) is 1. The zero-order chi connectivity index (χ0) is 37.3. The van der Waals surface area contributed by atoms with Gasteiger partial charge in [-0.3, -0.25) is 34.2 Å². The number of nitrogens with zero attached hydrogens (tertiary/aromatic N) is 7. The maximum Gasteiger partial charge on any atom is 0.527 e. The number of carbonyl (C=O) groups is 2. The molecule has 16 heteroatoms. The number of hydrogen-bond donors (Lipinski definition) is 2. The number of pyridine rings is 1. The van der Waals surface area contributed by atoms with E-state index in [1.165, 1.54) is 35.3 Å². The Morgan fingerprint density at radius 3 is 2.38 bits per heavy atom. The van der Waals surface area contributed by atoms with Gasteiger partial charge in [0.25, 0.3) is 11.8 Å². The van der Waals surface area contributed by atoms with Crippen molar-refractivity contribution in [2.24, 2.45) is 7.05 Å². The summed E-state index contributed by atoms with van der Waals surface area (Å²) >= 11 is 6.60. The Morgan fingerprint density at radius 2 is 1.68 bits per heavy atom. The topological polar surface area (TPSA) is 163 Å². The van der Waals surface area contributed by atoms with Crippen LogP contribution in [-0.2, 0) is 29.3 Å². The van der Waals surface area contributed by atoms with Crippen LogP contribution in [0.5, 0.6) is 6.01 Å². The van der Waals surface area contributed by atoms with Gasteiger partial charge in [-0.15, -0.1) is 0 Å². The summed E-state index contributed by atoms with van der Waals surface area (Å²) in [4.78, 5) is 65.2. The van der Waals surface area contributed by atoms with Gasteiger partial charge in [0.05, 0.1) is 42.5 Å². The number of benzene rings is 2. The van der Waals surface area contributed by atoms with Crippen molar-refractivity contribution in [3.63, 3.8) is 0 Å². The van der Waals surface area contributed by atoms with Crippen LogP contribution in [-0.4, -0.2) is 89.8 Å². The highest BCUT2D eigenvalue weighted by Gasteiger charge is 2.34. The number of phosphoric ester groups is 1. The fourth-order valence-corrected chi connectivity index (χ4v) is 7.37. The molecule has 2 N–H and O–H groups in total. The predicted octanol–water partition coefficient (Wildman–Crippen LogP) is 5.19.